The second kappa shape index (κ2) is 13.0. The number of carbonyl (C=O) groups is 2. The molecule has 0 radical (unpaired) electrons. The van der Waals surface area contributed by atoms with Crippen molar-refractivity contribution < 1.29 is 14.3 Å². The van der Waals surface area contributed by atoms with Crippen molar-refractivity contribution in [1.29, 1.82) is 0 Å². The fourth-order valence-corrected chi connectivity index (χ4v) is 3.59. The lowest BCUT2D eigenvalue weighted by atomic mass is 9.86. The number of nitrogens with zero attached hydrogens (tertiary/aromatic N) is 3. The maximum Gasteiger partial charge on any atom is 0.255 e. The molecule has 1 N–H and O–H groups in total. The number of nitrogens with one attached hydrogen (secondary N) is 1. The average Bonchev–Trinajstić information content (AvgIpc) is 2.82. The minimum absolute atomic E-state index is 0.0649. The molecule has 1 aromatic rings. The van der Waals surface area contributed by atoms with Gasteiger partial charge in [0.25, 0.3) is 5.91 Å². The number of aldehydes is 1. The third-order valence-electron chi connectivity index (χ3n) is 6.10. The van der Waals surface area contributed by atoms with Crippen LogP contribution in [0.2, 0.25) is 0 Å². The Labute approximate surface area is 215 Å². The van der Waals surface area contributed by atoms with Gasteiger partial charge in [-0.2, -0.15) is 0 Å². The van der Waals surface area contributed by atoms with Gasteiger partial charge in [0, 0.05) is 44.0 Å². The van der Waals surface area contributed by atoms with Crippen molar-refractivity contribution in [2.75, 3.05) is 45.7 Å². The predicted molar refractivity (Wildman–Crippen MR) is 147 cm³/mol. The number of aromatic nitrogens is 1. The zero-order chi connectivity index (χ0) is 26.9. The van der Waals surface area contributed by atoms with E-state index in [0.717, 1.165) is 42.0 Å². The Morgan fingerprint density at radius 2 is 1.86 bits per heavy atom. The van der Waals surface area contributed by atoms with E-state index in [-0.39, 0.29) is 11.3 Å². The molecule has 1 aromatic heterocycles. The number of allylic oxidation sites excluding steroid dienone is 6. The van der Waals surface area contributed by atoms with Gasteiger partial charge in [-0.25, -0.2) is 0 Å². The van der Waals surface area contributed by atoms with Gasteiger partial charge < -0.3 is 19.9 Å². The summed E-state index contributed by atoms with van der Waals surface area (Å²) in [4.78, 5) is 33.4. The molecule has 0 unspecified atom stereocenters. The van der Waals surface area contributed by atoms with Gasteiger partial charge in [0.2, 0.25) is 0 Å². The first-order valence-electron chi connectivity index (χ1n) is 12.1. The van der Waals surface area contributed by atoms with Gasteiger partial charge in [-0.15, -0.1) is 0 Å². The summed E-state index contributed by atoms with van der Waals surface area (Å²) in [5, 5.41) is 2.95. The lowest BCUT2D eigenvalue weighted by molar-refractivity contribution is -0.112. The van der Waals surface area contributed by atoms with E-state index in [1.807, 2.05) is 51.1 Å². The minimum Gasteiger partial charge on any atom is -0.378 e. The number of carbonyl (C=O) groups excluding carboxylic acids is 2. The van der Waals surface area contributed by atoms with Crippen LogP contribution >= 0.6 is 0 Å². The molecule has 1 aliphatic rings. The number of hydrogen-bond donors (Lipinski definition) is 1. The van der Waals surface area contributed by atoms with Crippen molar-refractivity contribution in [1.82, 2.24) is 14.8 Å². The van der Waals surface area contributed by atoms with Crippen LogP contribution in [0.4, 0.5) is 5.69 Å². The van der Waals surface area contributed by atoms with Gasteiger partial charge in [-0.05, 0) is 49.1 Å². The number of pyridine rings is 1. The summed E-state index contributed by atoms with van der Waals surface area (Å²) < 4.78 is 5.49. The Morgan fingerprint density at radius 3 is 2.42 bits per heavy atom. The summed E-state index contributed by atoms with van der Waals surface area (Å²) in [6.45, 7) is 16.8. The van der Waals surface area contributed by atoms with Crippen molar-refractivity contribution >= 4 is 23.5 Å². The lowest BCUT2D eigenvalue weighted by Crippen LogP contribution is -2.40. The quantitative estimate of drug-likeness (QED) is 0.305. The van der Waals surface area contributed by atoms with Crippen LogP contribution in [-0.4, -0.2) is 67.4 Å². The Morgan fingerprint density at radius 1 is 1.19 bits per heavy atom. The molecule has 0 spiro atoms. The number of anilines is 1. The molecule has 1 saturated heterocycles. The minimum atomic E-state index is -0.256. The zero-order valence-electron chi connectivity index (χ0n) is 22.7. The van der Waals surface area contributed by atoms with Crippen LogP contribution in [0, 0.1) is 12.3 Å². The van der Waals surface area contributed by atoms with Crippen LogP contribution in [-0.2, 0) is 14.3 Å². The molecule has 2 rings (SSSR count). The van der Waals surface area contributed by atoms with Crippen molar-refractivity contribution in [3.8, 4) is 0 Å². The molecule has 0 aliphatic carbocycles. The number of hydrogen-bond acceptors (Lipinski definition) is 6. The molecule has 1 fully saturated rings. The molecule has 0 saturated carbocycles. The highest BCUT2D eigenvalue weighted by Gasteiger charge is 2.18. The third kappa shape index (κ3) is 8.05. The standard InChI is InChI=1S/C29H40N4O3/c1-9-10-24(17-21(2)29(4,5)6)28(35)31-25-19-26(22(3)30-20-25)23(11-14-34)18-27(32(7)8)33-12-15-36-16-13-33/h9-11,14,17-20H,1,12-13,15-16H2,2-8H3,(H,31,35)/b21-17+,23-11+,24-10+,27-18+. The number of rotatable bonds is 9. The molecule has 2 heterocycles. The van der Waals surface area contributed by atoms with Gasteiger partial charge in [-0.3, -0.25) is 14.6 Å². The largest absolute Gasteiger partial charge is 0.378 e. The highest BCUT2D eigenvalue weighted by Crippen LogP contribution is 2.27. The molecule has 1 amide bonds. The molecule has 0 atom stereocenters. The number of aryl methyl sites for hydroxylation is 1. The van der Waals surface area contributed by atoms with Gasteiger partial charge in [0.1, 0.15) is 12.1 Å². The van der Waals surface area contributed by atoms with E-state index in [9.17, 15) is 9.59 Å². The van der Waals surface area contributed by atoms with Crippen molar-refractivity contribution in [2.45, 2.75) is 34.6 Å². The first-order valence-corrected chi connectivity index (χ1v) is 12.1. The summed E-state index contributed by atoms with van der Waals surface area (Å²) in [5.41, 5.74) is 4.29. The van der Waals surface area contributed by atoms with Gasteiger partial charge in [0.15, 0.2) is 0 Å². The first kappa shape index (κ1) is 28.8. The fourth-order valence-electron chi connectivity index (χ4n) is 3.59. The normalized spacial score (nSPS) is 16.0. The van der Waals surface area contributed by atoms with Crippen LogP contribution in [0.15, 0.2) is 66.2 Å². The summed E-state index contributed by atoms with van der Waals surface area (Å²) in [5.74, 6) is 0.716. The SMILES string of the molecule is C=C/C=C(\C=C(/C)C(C)(C)C)C(=O)Nc1cnc(C)c(C(=C/C=O)/C=C(\N(C)C)N2CCOCC2)c1. The van der Waals surface area contributed by atoms with Crippen molar-refractivity contribution in [3.05, 3.63) is 77.4 Å². The second-order valence-corrected chi connectivity index (χ2v) is 10.0. The summed E-state index contributed by atoms with van der Waals surface area (Å²) in [6, 6.07) is 1.85. The Hall–Kier alpha value is -3.45. The van der Waals surface area contributed by atoms with E-state index in [1.54, 1.807) is 18.3 Å². The molecule has 7 heteroatoms. The number of morpholine rings is 1. The topological polar surface area (TPSA) is 74.8 Å². The molecule has 194 valence electrons. The maximum absolute atomic E-state index is 13.1. The smallest absolute Gasteiger partial charge is 0.255 e. The van der Waals surface area contributed by atoms with Crippen molar-refractivity contribution in [3.63, 3.8) is 0 Å². The van der Waals surface area contributed by atoms with Crippen LogP contribution in [0.1, 0.15) is 39.0 Å². The summed E-state index contributed by atoms with van der Waals surface area (Å²) >= 11 is 0. The number of ether oxygens (including phenoxy) is 1. The Kier molecular flexibility index (Phi) is 10.4. The monoisotopic (exact) mass is 492 g/mol. The molecular weight excluding hydrogens is 452 g/mol. The molecule has 1 aliphatic heterocycles. The zero-order valence-corrected chi connectivity index (χ0v) is 22.7. The van der Waals surface area contributed by atoms with Crippen LogP contribution in [0.5, 0.6) is 0 Å². The first-order chi connectivity index (χ1) is 17.0. The van der Waals surface area contributed by atoms with E-state index in [0.29, 0.717) is 30.0 Å². The van der Waals surface area contributed by atoms with Gasteiger partial charge in [0.05, 0.1) is 25.1 Å². The van der Waals surface area contributed by atoms with Crippen LogP contribution in [0.3, 0.4) is 0 Å². The molecule has 0 aromatic carbocycles. The molecule has 7 nitrogen and oxygen atoms in total. The predicted octanol–water partition coefficient (Wildman–Crippen LogP) is 4.75. The number of amides is 1. The molecule has 0 bridgehead atoms. The van der Waals surface area contributed by atoms with E-state index >= 15 is 0 Å². The van der Waals surface area contributed by atoms with Crippen LogP contribution in [0.25, 0.3) is 5.57 Å². The van der Waals surface area contributed by atoms with Crippen molar-refractivity contribution in [2.24, 2.45) is 5.41 Å². The van der Waals surface area contributed by atoms with E-state index in [1.165, 1.54) is 6.08 Å². The van der Waals surface area contributed by atoms with Crippen LogP contribution < -0.4 is 5.32 Å². The van der Waals surface area contributed by atoms with E-state index < -0.39 is 0 Å². The highest BCUT2D eigenvalue weighted by atomic mass is 16.5. The summed E-state index contributed by atoms with van der Waals surface area (Å²) in [6.07, 6.45) is 11.1. The lowest BCUT2D eigenvalue weighted by Gasteiger charge is -2.34. The van der Waals surface area contributed by atoms with E-state index in [2.05, 4.69) is 42.6 Å². The highest BCUT2D eigenvalue weighted by molar-refractivity contribution is 6.06. The fraction of sp³-hybridized carbons (Fsp3) is 0.414. The molecular formula is C29H40N4O3. The summed E-state index contributed by atoms with van der Waals surface area (Å²) in [7, 11) is 3.95. The molecule has 36 heavy (non-hydrogen) atoms. The Bertz CT molecular complexity index is 1080. The maximum atomic E-state index is 13.1. The third-order valence-corrected chi connectivity index (χ3v) is 6.10. The van der Waals surface area contributed by atoms with E-state index in [4.69, 9.17) is 4.74 Å². The second-order valence-electron chi connectivity index (χ2n) is 10.0. The van der Waals surface area contributed by atoms with Gasteiger partial charge >= 0.3 is 0 Å². The Balaban J connectivity index is 2.44. The average molecular weight is 493 g/mol. The van der Waals surface area contributed by atoms with Gasteiger partial charge in [-0.1, -0.05) is 45.1 Å².